The van der Waals surface area contributed by atoms with E-state index in [1.165, 1.54) is 29.5 Å². The van der Waals surface area contributed by atoms with Gasteiger partial charge in [0.05, 0.1) is 12.6 Å². The monoisotopic (exact) mass is 377 g/mol. The first kappa shape index (κ1) is 19.2. The van der Waals surface area contributed by atoms with E-state index < -0.39 is 0 Å². The van der Waals surface area contributed by atoms with Crippen LogP contribution in [-0.2, 0) is 11.3 Å². The fourth-order valence-electron chi connectivity index (χ4n) is 4.05. The van der Waals surface area contributed by atoms with Gasteiger partial charge in [-0.2, -0.15) is 0 Å². The van der Waals surface area contributed by atoms with E-state index in [2.05, 4.69) is 76.6 Å². The van der Waals surface area contributed by atoms with Gasteiger partial charge >= 0.3 is 0 Å². The lowest BCUT2D eigenvalue weighted by atomic mass is 10.0. The molecule has 1 N–H and O–H groups in total. The van der Waals surface area contributed by atoms with Crippen molar-refractivity contribution >= 4 is 5.91 Å². The Morgan fingerprint density at radius 3 is 2.25 bits per heavy atom. The molecule has 1 saturated carbocycles. The van der Waals surface area contributed by atoms with Crippen molar-refractivity contribution < 1.29 is 4.79 Å². The molecule has 2 aromatic carbocycles. The maximum absolute atomic E-state index is 12.7. The highest BCUT2D eigenvalue weighted by Gasteiger charge is 2.33. The third kappa shape index (κ3) is 5.21. The quantitative estimate of drug-likeness (QED) is 0.803. The number of nitrogens with one attached hydrogen (secondary N) is 1. The fourth-order valence-corrected chi connectivity index (χ4v) is 4.05. The van der Waals surface area contributed by atoms with Crippen LogP contribution in [-0.4, -0.2) is 48.4 Å². The summed E-state index contributed by atoms with van der Waals surface area (Å²) < 4.78 is 0. The topological polar surface area (TPSA) is 35.6 Å². The normalized spacial score (nSPS) is 19.3. The Hall–Kier alpha value is -2.17. The first-order valence-corrected chi connectivity index (χ1v) is 10.5. The number of rotatable bonds is 7. The third-order valence-corrected chi connectivity index (χ3v) is 5.93. The van der Waals surface area contributed by atoms with E-state index in [1.807, 2.05) is 0 Å². The Morgan fingerprint density at radius 1 is 0.964 bits per heavy atom. The van der Waals surface area contributed by atoms with Gasteiger partial charge in [-0.25, -0.2) is 0 Å². The number of aryl methyl sites for hydroxylation is 1. The largest absolute Gasteiger partial charge is 0.348 e. The molecule has 1 aliphatic heterocycles. The SMILES string of the molecule is Cc1ccc(C(NC(=O)CN2CCN(Cc3ccccc3)CC2)C2CC2)cc1. The van der Waals surface area contributed by atoms with Crippen molar-refractivity contribution in [2.24, 2.45) is 5.92 Å². The molecule has 4 nitrogen and oxygen atoms in total. The second-order valence-corrected chi connectivity index (χ2v) is 8.33. The lowest BCUT2D eigenvalue weighted by molar-refractivity contribution is -0.123. The Balaban J connectivity index is 1.25. The smallest absolute Gasteiger partial charge is 0.234 e. The summed E-state index contributed by atoms with van der Waals surface area (Å²) in [5.74, 6) is 0.767. The summed E-state index contributed by atoms with van der Waals surface area (Å²) >= 11 is 0. The van der Waals surface area contributed by atoms with Crippen LogP contribution in [0, 0.1) is 12.8 Å². The molecule has 0 aromatic heterocycles. The Morgan fingerprint density at radius 2 is 1.61 bits per heavy atom. The summed E-state index contributed by atoms with van der Waals surface area (Å²) in [6.45, 7) is 7.56. The summed E-state index contributed by atoms with van der Waals surface area (Å²) in [5, 5.41) is 3.32. The Labute approximate surface area is 168 Å². The van der Waals surface area contributed by atoms with Gasteiger partial charge in [0.1, 0.15) is 0 Å². The van der Waals surface area contributed by atoms with Crippen molar-refractivity contribution in [3.05, 3.63) is 71.3 Å². The molecule has 28 heavy (non-hydrogen) atoms. The lowest BCUT2D eigenvalue weighted by Gasteiger charge is -2.34. The molecule has 0 spiro atoms. The maximum atomic E-state index is 12.7. The predicted molar refractivity (Wildman–Crippen MR) is 113 cm³/mol. The van der Waals surface area contributed by atoms with Crippen molar-refractivity contribution in [2.45, 2.75) is 32.4 Å². The zero-order valence-corrected chi connectivity index (χ0v) is 16.8. The van der Waals surface area contributed by atoms with Crippen LogP contribution >= 0.6 is 0 Å². The third-order valence-electron chi connectivity index (χ3n) is 5.93. The maximum Gasteiger partial charge on any atom is 0.234 e. The van der Waals surface area contributed by atoms with Gasteiger partial charge in [-0.1, -0.05) is 60.2 Å². The zero-order valence-electron chi connectivity index (χ0n) is 16.8. The van der Waals surface area contributed by atoms with E-state index in [0.29, 0.717) is 12.5 Å². The fraction of sp³-hybridized carbons (Fsp3) is 0.458. The van der Waals surface area contributed by atoms with E-state index in [4.69, 9.17) is 0 Å². The van der Waals surface area contributed by atoms with Crippen LogP contribution in [0.3, 0.4) is 0 Å². The highest BCUT2D eigenvalue weighted by molar-refractivity contribution is 5.78. The summed E-state index contributed by atoms with van der Waals surface area (Å²) in [4.78, 5) is 17.5. The minimum Gasteiger partial charge on any atom is -0.348 e. The second kappa shape index (κ2) is 8.89. The number of benzene rings is 2. The molecule has 1 aliphatic carbocycles. The average molecular weight is 378 g/mol. The van der Waals surface area contributed by atoms with E-state index in [1.54, 1.807) is 0 Å². The molecule has 4 heteroatoms. The summed E-state index contributed by atoms with van der Waals surface area (Å²) in [5.41, 5.74) is 3.87. The molecular formula is C24H31N3O. The van der Waals surface area contributed by atoms with E-state index >= 15 is 0 Å². The first-order chi connectivity index (χ1) is 13.7. The second-order valence-electron chi connectivity index (χ2n) is 8.33. The van der Waals surface area contributed by atoms with Crippen LogP contribution in [0.1, 0.15) is 35.6 Å². The number of carbonyl (C=O) groups is 1. The van der Waals surface area contributed by atoms with Crippen LogP contribution in [0.4, 0.5) is 0 Å². The highest BCUT2D eigenvalue weighted by Crippen LogP contribution is 2.41. The predicted octanol–water partition coefficient (Wildman–Crippen LogP) is 3.38. The minimum atomic E-state index is 0.161. The molecule has 1 amide bonds. The van der Waals surface area contributed by atoms with E-state index in [9.17, 15) is 4.79 Å². The van der Waals surface area contributed by atoms with Gasteiger partial charge in [-0.3, -0.25) is 14.6 Å². The van der Waals surface area contributed by atoms with Crippen molar-refractivity contribution in [3.8, 4) is 0 Å². The average Bonchev–Trinajstić information content (AvgIpc) is 3.54. The first-order valence-electron chi connectivity index (χ1n) is 10.5. The van der Waals surface area contributed by atoms with Crippen LogP contribution < -0.4 is 5.32 Å². The highest BCUT2D eigenvalue weighted by atomic mass is 16.2. The van der Waals surface area contributed by atoms with Crippen molar-refractivity contribution in [1.29, 1.82) is 0 Å². The van der Waals surface area contributed by atoms with Crippen molar-refractivity contribution in [1.82, 2.24) is 15.1 Å². The molecule has 148 valence electrons. The Kier molecular flexibility index (Phi) is 6.08. The molecule has 0 radical (unpaired) electrons. The molecular weight excluding hydrogens is 346 g/mol. The van der Waals surface area contributed by atoms with Crippen molar-refractivity contribution in [2.75, 3.05) is 32.7 Å². The van der Waals surface area contributed by atoms with Crippen LogP contribution in [0.5, 0.6) is 0 Å². The van der Waals surface area contributed by atoms with Crippen molar-refractivity contribution in [3.63, 3.8) is 0 Å². The number of carbonyl (C=O) groups excluding carboxylic acids is 1. The van der Waals surface area contributed by atoms with Gasteiger partial charge in [0.25, 0.3) is 0 Å². The minimum absolute atomic E-state index is 0.161. The van der Waals surface area contributed by atoms with Crippen LogP contribution in [0.15, 0.2) is 54.6 Å². The standard InChI is InChI=1S/C24H31N3O/c1-19-7-9-21(10-8-19)24(22-11-12-22)25-23(28)18-27-15-13-26(14-16-27)17-20-5-3-2-4-6-20/h2-10,22,24H,11-18H2,1H3,(H,25,28). The number of piperazine rings is 1. The van der Waals surface area contributed by atoms with Crippen LogP contribution in [0.25, 0.3) is 0 Å². The molecule has 1 heterocycles. The molecule has 0 bridgehead atoms. The lowest BCUT2D eigenvalue weighted by Crippen LogP contribution is -2.49. The van der Waals surface area contributed by atoms with Gasteiger partial charge in [0.15, 0.2) is 0 Å². The van der Waals surface area contributed by atoms with Gasteiger partial charge in [-0.15, -0.1) is 0 Å². The van der Waals surface area contributed by atoms with Gasteiger partial charge in [0, 0.05) is 32.7 Å². The zero-order chi connectivity index (χ0) is 19.3. The summed E-state index contributed by atoms with van der Waals surface area (Å²) in [6, 6.07) is 19.4. The van der Waals surface area contributed by atoms with Gasteiger partial charge < -0.3 is 5.32 Å². The number of hydrogen-bond acceptors (Lipinski definition) is 3. The molecule has 4 rings (SSSR count). The molecule has 1 atom stereocenters. The number of hydrogen-bond donors (Lipinski definition) is 1. The number of nitrogens with zero attached hydrogens (tertiary/aromatic N) is 2. The molecule has 2 fully saturated rings. The van der Waals surface area contributed by atoms with E-state index in [0.717, 1.165) is 32.7 Å². The number of amides is 1. The van der Waals surface area contributed by atoms with Gasteiger partial charge in [-0.05, 0) is 36.8 Å². The Bertz CT molecular complexity index is 762. The molecule has 1 saturated heterocycles. The van der Waals surface area contributed by atoms with Gasteiger partial charge in [0.2, 0.25) is 5.91 Å². The van der Waals surface area contributed by atoms with E-state index in [-0.39, 0.29) is 11.9 Å². The molecule has 2 aliphatic rings. The summed E-state index contributed by atoms with van der Waals surface area (Å²) in [6.07, 6.45) is 2.44. The molecule has 2 aromatic rings. The summed E-state index contributed by atoms with van der Waals surface area (Å²) in [7, 11) is 0. The van der Waals surface area contributed by atoms with Crippen LogP contribution in [0.2, 0.25) is 0 Å². The molecule has 1 unspecified atom stereocenters.